The first-order valence-electron chi connectivity index (χ1n) is 11.4. The molecule has 2 aromatic carbocycles. The summed E-state index contributed by atoms with van der Waals surface area (Å²) < 4.78 is 5.59. The first-order chi connectivity index (χ1) is 16.1. The van der Waals surface area contributed by atoms with Crippen molar-refractivity contribution in [1.82, 2.24) is 10.6 Å². The molecule has 1 unspecified atom stereocenters. The van der Waals surface area contributed by atoms with E-state index in [1.165, 1.54) is 13.0 Å². The Morgan fingerprint density at radius 3 is 2.12 bits per heavy atom. The van der Waals surface area contributed by atoms with E-state index in [0.29, 0.717) is 6.42 Å². The molecule has 0 aliphatic heterocycles. The summed E-state index contributed by atoms with van der Waals surface area (Å²) in [5, 5.41) is 14.3. The van der Waals surface area contributed by atoms with Crippen molar-refractivity contribution >= 4 is 18.0 Å². The van der Waals surface area contributed by atoms with Crippen LogP contribution in [0.4, 0.5) is 4.79 Å². The van der Waals surface area contributed by atoms with Crippen LogP contribution in [0.5, 0.6) is 0 Å². The highest BCUT2D eigenvalue weighted by molar-refractivity contribution is 5.87. The lowest BCUT2D eigenvalue weighted by Gasteiger charge is -2.26. The molecule has 180 valence electrons. The Morgan fingerprint density at radius 1 is 1.03 bits per heavy atom. The molecule has 7 nitrogen and oxygen atoms in total. The van der Waals surface area contributed by atoms with Gasteiger partial charge in [0, 0.05) is 18.0 Å². The van der Waals surface area contributed by atoms with E-state index in [0.717, 1.165) is 22.3 Å². The van der Waals surface area contributed by atoms with Crippen LogP contribution in [0.2, 0.25) is 0 Å². The van der Waals surface area contributed by atoms with Gasteiger partial charge in [0.1, 0.15) is 12.6 Å². The van der Waals surface area contributed by atoms with Crippen molar-refractivity contribution in [2.24, 2.45) is 5.41 Å². The van der Waals surface area contributed by atoms with Crippen molar-refractivity contribution in [3.63, 3.8) is 0 Å². The fourth-order valence-corrected chi connectivity index (χ4v) is 4.12. The molecule has 1 aliphatic rings. The van der Waals surface area contributed by atoms with E-state index in [4.69, 9.17) is 9.84 Å². The maximum Gasteiger partial charge on any atom is 0.407 e. The molecule has 0 fully saturated rings. The van der Waals surface area contributed by atoms with Crippen molar-refractivity contribution in [3.05, 3.63) is 71.3 Å². The van der Waals surface area contributed by atoms with Gasteiger partial charge in [0.15, 0.2) is 0 Å². The molecule has 0 spiro atoms. The van der Waals surface area contributed by atoms with Gasteiger partial charge in [0.25, 0.3) is 0 Å². The van der Waals surface area contributed by atoms with Crippen molar-refractivity contribution in [2.75, 3.05) is 13.2 Å². The number of carboxylic acid groups (broad SMARTS) is 1. The first-order valence-corrected chi connectivity index (χ1v) is 11.4. The van der Waals surface area contributed by atoms with Crippen LogP contribution in [0, 0.1) is 5.41 Å². The summed E-state index contributed by atoms with van der Waals surface area (Å²) in [7, 11) is 0. The standard InChI is InChI=1S/C27H32N2O5/c1-17(25(31)32)13-14-28-24(30)23(15-27(2,3)4)29-26(33)34-16-22-20-11-7-5-9-18(20)19-10-6-8-12-21(19)22/h5-13,22-23H,14-16H2,1-4H3,(H,28,30)(H,29,33)(H,31,32)/b17-13+. The van der Waals surface area contributed by atoms with Crippen molar-refractivity contribution in [3.8, 4) is 11.1 Å². The number of alkyl carbamates (subject to hydrolysis) is 1. The maximum atomic E-state index is 12.7. The smallest absolute Gasteiger partial charge is 0.407 e. The second kappa shape index (κ2) is 10.5. The molecule has 3 rings (SSSR count). The molecule has 0 radical (unpaired) electrons. The third-order valence-electron chi connectivity index (χ3n) is 5.79. The predicted molar refractivity (Wildman–Crippen MR) is 130 cm³/mol. The van der Waals surface area contributed by atoms with Gasteiger partial charge < -0.3 is 20.5 Å². The zero-order valence-corrected chi connectivity index (χ0v) is 20.1. The number of rotatable bonds is 8. The number of nitrogens with one attached hydrogen (secondary N) is 2. The Labute approximate surface area is 200 Å². The summed E-state index contributed by atoms with van der Waals surface area (Å²) >= 11 is 0. The molecule has 0 saturated heterocycles. The third kappa shape index (κ3) is 6.25. The van der Waals surface area contributed by atoms with Gasteiger partial charge in [-0.05, 0) is 41.0 Å². The summed E-state index contributed by atoms with van der Waals surface area (Å²) in [5.74, 6) is -1.51. The quantitative estimate of drug-likeness (QED) is 0.500. The number of amides is 2. The van der Waals surface area contributed by atoms with E-state index in [1.807, 2.05) is 57.2 Å². The second-order valence-corrected chi connectivity index (χ2v) is 9.72. The fourth-order valence-electron chi connectivity index (χ4n) is 4.12. The van der Waals surface area contributed by atoms with Gasteiger partial charge in [-0.25, -0.2) is 9.59 Å². The highest BCUT2D eigenvalue weighted by atomic mass is 16.5. The van der Waals surface area contributed by atoms with Crippen LogP contribution >= 0.6 is 0 Å². The minimum absolute atomic E-state index is 0.0595. The van der Waals surface area contributed by atoms with Crippen LogP contribution < -0.4 is 10.6 Å². The maximum absolute atomic E-state index is 12.7. The Hall–Kier alpha value is -3.61. The van der Waals surface area contributed by atoms with Gasteiger partial charge in [0.05, 0.1) is 0 Å². The van der Waals surface area contributed by atoms with Gasteiger partial charge in [-0.15, -0.1) is 0 Å². The summed E-state index contributed by atoms with van der Waals surface area (Å²) in [5.41, 5.74) is 4.41. The topological polar surface area (TPSA) is 105 Å². The lowest BCUT2D eigenvalue weighted by Crippen LogP contribution is -2.48. The van der Waals surface area contributed by atoms with E-state index in [-0.39, 0.29) is 30.1 Å². The molecule has 2 aromatic rings. The molecular formula is C27H32N2O5. The van der Waals surface area contributed by atoms with Gasteiger partial charge in [-0.2, -0.15) is 0 Å². The number of ether oxygens (including phenoxy) is 1. The van der Waals surface area contributed by atoms with Crippen LogP contribution in [0.25, 0.3) is 11.1 Å². The van der Waals surface area contributed by atoms with Crippen LogP contribution in [0.3, 0.4) is 0 Å². The lowest BCUT2D eigenvalue weighted by atomic mass is 9.88. The molecule has 34 heavy (non-hydrogen) atoms. The van der Waals surface area contributed by atoms with E-state index in [9.17, 15) is 14.4 Å². The number of hydrogen-bond donors (Lipinski definition) is 3. The summed E-state index contributed by atoms with van der Waals surface area (Å²) in [6, 6.07) is 15.4. The average molecular weight is 465 g/mol. The van der Waals surface area contributed by atoms with Crippen LogP contribution in [-0.2, 0) is 14.3 Å². The number of carbonyl (C=O) groups excluding carboxylic acids is 2. The lowest BCUT2D eigenvalue weighted by molar-refractivity contribution is -0.132. The van der Waals surface area contributed by atoms with E-state index in [2.05, 4.69) is 22.8 Å². The summed E-state index contributed by atoms with van der Waals surface area (Å²) in [6.45, 7) is 7.59. The zero-order valence-electron chi connectivity index (χ0n) is 20.1. The molecule has 0 heterocycles. The van der Waals surface area contributed by atoms with Crippen molar-refractivity contribution in [1.29, 1.82) is 0 Å². The minimum Gasteiger partial charge on any atom is -0.478 e. The molecule has 0 aromatic heterocycles. The monoisotopic (exact) mass is 464 g/mol. The largest absolute Gasteiger partial charge is 0.478 e. The van der Waals surface area contributed by atoms with E-state index >= 15 is 0 Å². The van der Waals surface area contributed by atoms with Gasteiger partial charge in [-0.3, -0.25) is 4.79 Å². The molecule has 3 N–H and O–H groups in total. The minimum atomic E-state index is -1.04. The fraction of sp³-hybridized carbons (Fsp3) is 0.370. The predicted octanol–water partition coefficient (Wildman–Crippen LogP) is 4.48. The number of carboxylic acids is 1. The summed E-state index contributed by atoms with van der Waals surface area (Å²) in [6.07, 6.45) is 1.15. The number of hydrogen-bond acceptors (Lipinski definition) is 4. The molecule has 1 atom stereocenters. The molecule has 0 bridgehead atoms. The zero-order chi connectivity index (χ0) is 24.9. The number of benzene rings is 2. The van der Waals surface area contributed by atoms with Crippen LogP contribution in [0.15, 0.2) is 60.2 Å². The Morgan fingerprint density at radius 2 is 1.59 bits per heavy atom. The molecule has 1 aliphatic carbocycles. The Bertz CT molecular complexity index is 1050. The van der Waals surface area contributed by atoms with Crippen molar-refractivity contribution in [2.45, 2.75) is 46.1 Å². The van der Waals surface area contributed by atoms with Crippen LogP contribution in [0.1, 0.15) is 51.2 Å². The Balaban J connectivity index is 1.65. The Kier molecular flexibility index (Phi) is 7.76. The molecule has 7 heteroatoms. The molecular weight excluding hydrogens is 432 g/mol. The van der Waals surface area contributed by atoms with Crippen LogP contribution in [-0.4, -0.2) is 42.3 Å². The van der Waals surface area contributed by atoms with Gasteiger partial charge in [0.2, 0.25) is 5.91 Å². The second-order valence-electron chi connectivity index (χ2n) is 9.72. The van der Waals surface area contributed by atoms with Gasteiger partial charge in [-0.1, -0.05) is 75.4 Å². The van der Waals surface area contributed by atoms with E-state index < -0.39 is 24.0 Å². The number of aliphatic carboxylic acids is 1. The highest BCUT2D eigenvalue weighted by Gasteiger charge is 2.30. The third-order valence-corrected chi connectivity index (χ3v) is 5.79. The number of carbonyl (C=O) groups is 3. The first kappa shape index (κ1) is 25.0. The SMILES string of the molecule is C/C(=C\CNC(=O)C(CC(C)(C)C)NC(=O)OCC1c2ccccc2-c2ccccc21)C(=O)O. The highest BCUT2D eigenvalue weighted by Crippen LogP contribution is 2.44. The normalized spacial score (nSPS) is 14.1. The molecule has 0 saturated carbocycles. The van der Waals surface area contributed by atoms with Crippen molar-refractivity contribution < 1.29 is 24.2 Å². The molecule has 2 amide bonds. The van der Waals surface area contributed by atoms with Gasteiger partial charge >= 0.3 is 12.1 Å². The number of fused-ring (bicyclic) bond motifs is 3. The van der Waals surface area contributed by atoms with E-state index in [1.54, 1.807) is 0 Å². The summed E-state index contributed by atoms with van der Waals surface area (Å²) in [4.78, 5) is 36.4. The average Bonchev–Trinajstić information content (AvgIpc) is 3.10.